The zero-order valence-electron chi connectivity index (χ0n) is 17.1. The topological polar surface area (TPSA) is 63.7 Å². The number of aryl methyl sites for hydroxylation is 1. The van der Waals surface area contributed by atoms with Crippen LogP contribution in [0, 0.1) is 6.92 Å². The highest BCUT2D eigenvalue weighted by Gasteiger charge is 2.25. The maximum Gasteiger partial charge on any atom is 0.217 e. The Morgan fingerprint density at radius 2 is 2.11 bits per heavy atom. The molecular weight excluding hydrogens is 354 g/mol. The van der Waals surface area contributed by atoms with E-state index in [0.717, 1.165) is 42.1 Å². The van der Waals surface area contributed by atoms with Crippen LogP contribution in [-0.2, 0) is 4.79 Å². The first-order valence-electron chi connectivity index (χ1n) is 9.84. The Hall–Kier alpha value is -2.76. The second-order valence-corrected chi connectivity index (χ2v) is 7.21. The predicted octanol–water partition coefficient (Wildman–Crippen LogP) is 3.64. The van der Waals surface area contributed by atoms with Crippen molar-refractivity contribution in [3.05, 3.63) is 47.7 Å². The third-order valence-electron chi connectivity index (χ3n) is 4.93. The zero-order valence-corrected chi connectivity index (χ0v) is 17.1. The molecule has 3 rings (SSSR count). The molecule has 2 heterocycles. The number of hydrogen-bond donors (Lipinski definition) is 1. The van der Waals surface area contributed by atoms with E-state index in [4.69, 9.17) is 9.47 Å². The lowest BCUT2D eigenvalue weighted by atomic mass is 10.1. The fourth-order valence-corrected chi connectivity index (χ4v) is 3.52. The molecule has 1 aromatic heterocycles. The molecule has 0 radical (unpaired) electrons. The van der Waals surface area contributed by atoms with Gasteiger partial charge in [0.15, 0.2) is 0 Å². The van der Waals surface area contributed by atoms with Gasteiger partial charge in [-0.15, -0.1) is 0 Å². The largest absolute Gasteiger partial charge is 0.489 e. The molecule has 1 fully saturated rings. The number of benzene rings is 1. The van der Waals surface area contributed by atoms with E-state index in [2.05, 4.69) is 22.1 Å². The van der Waals surface area contributed by atoms with E-state index in [0.29, 0.717) is 12.5 Å². The molecule has 2 aromatic rings. The van der Waals surface area contributed by atoms with E-state index in [1.165, 1.54) is 6.92 Å². The van der Waals surface area contributed by atoms with Gasteiger partial charge in [-0.1, -0.05) is 12.1 Å². The molecule has 1 amide bonds. The first-order valence-corrected chi connectivity index (χ1v) is 9.84. The number of amides is 1. The number of nitrogens with one attached hydrogen (secondary N) is 1. The molecule has 28 heavy (non-hydrogen) atoms. The van der Waals surface area contributed by atoms with Gasteiger partial charge in [-0.2, -0.15) is 0 Å². The second-order valence-electron chi connectivity index (χ2n) is 7.21. The van der Waals surface area contributed by atoms with Crippen molar-refractivity contribution in [1.29, 1.82) is 0 Å². The van der Waals surface area contributed by atoms with Gasteiger partial charge in [0.2, 0.25) is 11.8 Å². The molecule has 0 aliphatic carbocycles. The van der Waals surface area contributed by atoms with Gasteiger partial charge in [0.25, 0.3) is 0 Å². The standard InChI is InChI=1S/C22H29N3O3/c1-5-27-22-12-21(15(2)13-23-22)25-11-10-20(14-25)28-19-8-6-18(7-9-19)16(3)24-17(4)26/h6-9,12-13,16,20H,5,10-11,14H2,1-4H3,(H,24,26)/t16-,20?/m0/s1. The summed E-state index contributed by atoms with van der Waals surface area (Å²) in [5, 5.41) is 2.89. The van der Waals surface area contributed by atoms with Crippen molar-refractivity contribution in [2.75, 3.05) is 24.6 Å². The minimum Gasteiger partial charge on any atom is -0.489 e. The molecule has 1 unspecified atom stereocenters. The summed E-state index contributed by atoms with van der Waals surface area (Å²) in [7, 11) is 0. The number of rotatable bonds is 7. The van der Waals surface area contributed by atoms with Crippen molar-refractivity contribution in [2.24, 2.45) is 0 Å². The summed E-state index contributed by atoms with van der Waals surface area (Å²) < 4.78 is 11.7. The van der Waals surface area contributed by atoms with Crippen LogP contribution in [0.1, 0.15) is 44.4 Å². The molecule has 1 aliphatic rings. The fraction of sp³-hybridized carbons (Fsp3) is 0.455. The van der Waals surface area contributed by atoms with Crippen molar-refractivity contribution < 1.29 is 14.3 Å². The van der Waals surface area contributed by atoms with Crippen molar-refractivity contribution >= 4 is 11.6 Å². The summed E-state index contributed by atoms with van der Waals surface area (Å²) in [5.74, 6) is 1.49. The van der Waals surface area contributed by atoms with E-state index in [9.17, 15) is 4.79 Å². The minimum absolute atomic E-state index is 0.0114. The van der Waals surface area contributed by atoms with Gasteiger partial charge in [0.1, 0.15) is 11.9 Å². The van der Waals surface area contributed by atoms with Gasteiger partial charge in [0.05, 0.1) is 19.2 Å². The average molecular weight is 383 g/mol. The molecule has 1 aromatic carbocycles. The van der Waals surface area contributed by atoms with Crippen LogP contribution in [-0.4, -0.2) is 36.7 Å². The van der Waals surface area contributed by atoms with Gasteiger partial charge in [-0.05, 0) is 44.0 Å². The normalized spacial score (nSPS) is 17.3. The highest BCUT2D eigenvalue weighted by atomic mass is 16.5. The van der Waals surface area contributed by atoms with Crippen LogP contribution in [0.4, 0.5) is 5.69 Å². The first-order chi connectivity index (χ1) is 13.5. The Labute approximate surface area is 166 Å². The lowest BCUT2D eigenvalue weighted by molar-refractivity contribution is -0.119. The number of pyridine rings is 1. The number of ether oxygens (including phenoxy) is 2. The second kappa shape index (κ2) is 8.95. The van der Waals surface area contributed by atoms with Gasteiger partial charge in [0, 0.05) is 37.8 Å². The minimum atomic E-state index is -0.0298. The van der Waals surface area contributed by atoms with Crippen molar-refractivity contribution in [2.45, 2.75) is 46.3 Å². The zero-order chi connectivity index (χ0) is 20.1. The third-order valence-corrected chi connectivity index (χ3v) is 4.93. The third kappa shape index (κ3) is 4.94. The number of carbonyl (C=O) groups is 1. The Morgan fingerprint density at radius 1 is 1.36 bits per heavy atom. The van der Waals surface area contributed by atoms with E-state index in [1.807, 2.05) is 50.4 Å². The summed E-state index contributed by atoms with van der Waals surface area (Å²) in [5.41, 5.74) is 3.36. The lowest BCUT2D eigenvalue weighted by Crippen LogP contribution is -2.25. The Bertz CT molecular complexity index is 807. The monoisotopic (exact) mass is 383 g/mol. The number of aromatic nitrogens is 1. The number of anilines is 1. The molecule has 1 saturated heterocycles. The molecule has 1 N–H and O–H groups in total. The van der Waals surface area contributed by atoms with Crippen LogP contribution >= 0.6 is 0 Å². The number of nitrogens with zero attached hydrogens (tertiary/aromatic N) is 2. The van der Waals surface area contributed by atoms with Crippen molar-refractivity contribution in [3.63, 3.8) is 0 Å². The van der Waals surface area contributed by atoms with Crippen LogP contribution in [0.3, 0.4) is 0 Å². The Kier molecular flexibility index (Phi) is 6.39. The molecule has 6 heteroatoms. The predicted molar refractivity (Wildman–Crippen MR) is 110 cm³/mol. The van der Waals surface area contributed by atoms with E-state index >= 15 is 0 Å². The molecule has 0 saturated carbocycles. The van der Waals surface area contributed by atoms with Crippen LogP contribution < -0.4 is 19.7 Å². The highest BCUT2D eigenvalue weighted by Crippen LogP contribution is 2.29. The Morgan fingerprint density at radius 3 is 2.79 bits per heavy atom. The van der Waals surface area contributed by atoms with E-state index in [1.54, 1.807) is 0 Å². The molecule has 1 aliphatic heterocycles. The molecular formula is C22H29N3O3. The SMILES string of the molecule is CCOc1cc(N2CCC(Oc3ccc([C@H](C)NC(C)=O)cc3)C2)c(C)cn1. The van der Waals surface area contributed by atoms with Gasteiger partial charge in [-0.25, -0.2) is 4.98 Å². The van der Waals surface area contributed by atoms with Crippen LogP contribution in [0.15, 0.2) is 36.5 Å². The van der Waals surface area contributed by atoms with Gasteiger partial charge >= 0.3 is 0 Å². The number of carbonyl (C=O) groups excluding carboxylic acids is 1. The maximum atomic E-state index is 11.2. The van der Waals surface area contributed by atoms with Gasteiger partial charge in [-0.3, -0.25) is 4.79 Å². The lowest BCUT2D eigenvalue weighted by Gasteiger charge is -2.21. The van der Waals surface area contributed by atoms with Crippen LogP contribution in [0.2, 0.25) is 0 Å². The fourth-order valence-electron chi connectivity index (χ4n) is 3.52. The molecule has 150 valence electrons. The molecule has 2 atom stereocenters. The van der Waals surface area contributed by atoms with Crippen LogP contribution in [0.25, 0.3) is 0 Å². The number of hydrogen-bond acceptors (Lipinski definition) is 5. The van der Waals surface area contributed by atoms with Crippen molar-refractivity contribution in [3.8, 4) is 11.6 Å². The van der Waals surface area contributed by atoms with Gasteiger partial charge < -0.3 is 19.7 Å². The highest BCUT2D eigenvalue weighted by molar-refractivity contribution is 5.73. The van der Waals surface area contributed by atoms with E-state index in [-0.39, 0.29) is 18.1 Å². The molecule has 0 spiro atoms. The smallest absolute Gasteiger partial charge is 0.217 e. The molecule has 6 nitrogen and oxygen atoms in total. The summed E-state index contributed by atoms with van der Waals surface area (Å²) in [4.78, 5) is 17.9. The summed E-state index contributed by atoms with van der Waals surface area (Å²) >= 11 is 0. The molecule has 0 bridgehead atoms. The first kappa shape index (κ1) is 20.0. The maximum absolute atomic E-state index is 11.2. The van der Waals surface area contributed by atoms with E-state index < -0.39 is 0 Å². The summed E-state index contributed by atoms with van der Waals surface area (Å²) in [6.45, 7) is 9.92. The van der Waals surface area contributed by atoms with Crippen LogP contribution in [0.5, 0.6) is 11.6 Å². The quantitative estimate of drug-likeness (QED) is 0.791. The van der Waals surface area contributed by atoms with Crippen molar-refractivity contribution in [1.82, 2.24) is 10.3 Å². The average Bonchev–Trinajstić information content (AvgIpc) is 3.12. The summed E-state index contributed by atoms with van der Waals surface area (Å²) in [6, 6.07) is 9.96. The summed E-state index contributed by atoms with van der Waals surface area (Å²) in [6.07, 6.45) is 2.97. The Balaban J connectivity index is 1.60.